The molecule has 0 unspecified atom stereocenters. The number of halogens is 1. The largest absolute Gasteiger partial charge is 0.394 e. The van der Waals surface area contributed by atoms with Gasteiger partial charge in [-0.1, -0.05) is 27.3 Å². The van der Waals surface area contributed by atoms with Crippen molar-refractivity contribution in [2.24, 2.45) is 0 Å². The summed E-state index contributed by atoms with van der Waals surface area (Å²) in [4.78, 5) is 4.45. The molecule has 2 aromatic rings. The molecule has 0 bridgehead atoms. The lowest BCUT2D eigenvalue weighted by Gasteiger charge is -2.02. The number of aromatic nitrogens is 1. The van der Waals surface area contributed by atoms with Crippen LogP contribution >= 0.6 is 27.3 Å². The van der Waals surface area contributed by atoms with Crippen LogP contribution in [0.5, 0.6) is 0 Å². The third-order valence-electron chi connectivity index (χ3n) is 2.11. The number of aliphatic hydroxyl groups is 1. The quantitative estimate of drug-likeness (QED) is 0.804. The number of nitrogens with one attached hydrogen (secondary N) is 1. The predicted octanol–water partition coefficient (Wildman–Crippen LogP) is 2.48. The number of aliphatic hydroxyl groups excluding tert-OH is 1. The Morgan fingerprint density at radius 3 is 3.12 bits per heavy atom. The number of hydrogen-bond acceptors (Lipinski definition) is 5. The van der Waals surface area contributed by atoms with Crippen LogP contribution in [0.25, 0.3) is 10.2 Å². The molecule has 0 saturated carbocycles. The van der Waals surface area contributed by atoms with Crippen molar-refractivity contribution >= 4 is 42.6 Å². The summed E-state index contributed by atoms with van der Waals surface area (Å²) < 4.78 is 7.37. The van der Waals surface area contributed by atoms with Crippen LogP contribution in [0.15, 0.2) is 22.7 Å². The van der Waals surface area contributed by atoms with Gasteiger partial charge in [0.25, 0.3) is 0 Å². The highest BCUT2D eigenvalue weighted by Gasteiger charge is 2.03. The molecule has 2 N–H and O–H groups in total. The molecule has 0 saturated heterocycles. The first kappa shape index (κ1) is 12.8. The number of anilines is 1. The van der Waals surface area contributed by atoms with Crippen molar-refractivity contribution < 1.29 is 9.84 Å². The number of nitrogens with zero attached hydrogens (tertiary/aromatic N) is 1. The van der Waals surface area contributed by atoms with E-state index in [0.29, 0.717) is 19.8 Å². The minimum atomic E-state index is 0.0646. The van der Waals surface area contributed by atoms with E-state index >= 15 is 0 Å². The Morgan fingerprint density at radius 1 is 1.41 bits per heavy atom. The lowest BCUT2D eigenvalue weighted by Crippen LogP contribution is -2.10. The van der Waals surface area contributed by atoms with E-state index < -0.39 is 0 Å². The minimum absolute atomic E-state index is 0.0646. The van der Waals surface area contributed by atoms with Gasteiger partial charge in [0.15, 0.2) is 5.13 Å². The summed E-state index contributed by atoms with van der Waals surface area (Å²) in [6.07, 6.45) is 0. The van der Waals surface area contributed by atoms with Crippen molar-refractivity contribution in [3.63, 3.8) is 0 Å². The maximum absolute atomic E-state index is 8.54. The van der Waals surface area contributed by atoms with Crippen LogP contribution in [0.4, 0.5) is 5.13 Å². The highest BCUT2D eigenvalue weighted by atomic mass is 79.9. The number of rotatable bonds is 6. The molecule has 0 spiro atoms. The van der Waals surface area contributed by atoms with Crippen LogP contribution in [0.1, 0.15) is 0 Å². The van der Waals surface area contributed by atoms with Crippen LogP contribution in [-0.2, 0) is 4.74 Å². The van der Waals surface area contributed by atoms with Gasteiger partial charge in [-0.25, -0.2) is 4.98 Å². The first-order chi connectivity index (χ1) is 8.29. The molecule has 2 rings (SSSR count). The molecule has 1 aromatic carbocycles. The fraction of sp³-hybridized carbons (Fsp3) is 0.364. The molecule has 0 atom stereocenters. The third-order valence-corrected chi connectivity index (χ3v) is 3.58. The van der Waals surface area contributed by atoms with Crippen molar-refractivity contribution in [1.29, 1.82) is 0 Å². The summed E-state index contributed by atoms with van der Waals surface area (Å²) >= 11 is 5.06. The van der Waals surface area contributed by atoms with Gasteiger partial charge in [-0.2, -0.15) is 0 Å². The van der Waals surface area contributed by atoms with E-state index in [0.717, 1.165) is 19.8 Å². The standard InChI is InChI=1S/C11H13BrN2O2S/c12-8-1-2-9-10(7-8)17-11(14-9)13-3-5-16-6-4-15/h1-2,7,15H,3-6H2,(H,13,14). The summed E-state index contributed by atoms with van der Waals surface area (Å²) in [6.45, 7) is 1.71. The molecule has 0 fully saturated rings. The number of fused-ring (bicyclic) bond motifs is 1. The highest BCUT2D eigenvalue weighted by Crippen LogP contribution is 2.28. The van der Waals surface area contributed by atoms with Gasteiger partial charge < -0.3 is 15.2 Å². The maximum atomic E-state index is 8.54. The van der Waals surface area contributed by atoms with Crippen molar-refractivity contribution in [2.75, 3.05) is 31.7 Å². The van der Waals surface area contributed by atoms with Crippen LogP contribution < -0.4 is 5.32 Å². The van der Waals surface area contributed by atoms with E-state index in [-0.39, 0.29) is 6.61 Å². The molecule has 0 amide bonds. The van der Waals surface area contributed by atoms with Gasteiger partial charge in [0.2, 0.25) is 0 Å². The molecule has 92 valence electrons. The van der Waals surface area contributed by atoms with Gasteiger partial charge in [0, 0.05) is 11.0 Å². The van der Waals surface area contributed by atoms with E-state index in [1.165, 1.54) is 0 Å². The third kappa shape index (κ3) is 3.64. The Bertz CT molecular complexity index is 489. The Balaban J connectivity index is 1.91. The molecule has 0 aliphatic heterocycles. The first-order valence-corrected chi connectivity index (χ1v) is 6.89. The van der Waals surface area contributed by atoms with Crippen molar-refractivity contribution in [3.05, 3.63) is 22.7 Å². The summed E-state index contributed by atoms with van der Waals surface area (Å²) in [5.74, 6) is 0. The Hall–Kier alpha value is -0.690. The van der Waals surface area contributed by atoms with Crippen LogP contribution in [0, 0.1) is 0 Å². The molecule has 0 radical (unpaired) electrons. The van der Waals surface area contributed by atoms with E-state index in [1.54, 1.807) is 11.3 Å². The fourth-order valence-corrected chi connectivity index (χ4v) is 2.81. The second-order valence-corrected chi connectivity index (χ2v) is 5.34. The molecule has 1 heterocycles. The predicted molar refractivity (Wildman–Crippen MR) is 73.7 cm³/mol. The van der Waals surface area contributed by atoms with Gasteiger partial charge >= 0.3 is 0 Å². The van der Waals surface area contributed by atoms with E-state index in [2.05, 4.69) is 32.3 Å². The average Bonchev–Trinajstić information content (AvgIpc) is 2.70. The fourth-order valence-electron chi connectivity index (χ4n) is 1.37. The van der Waals surface area contributed by atoms with Crippen LogP contribution in [-0.4, -0.2) is 36.5 Å². The lowest BCUT2D eigenvalue weighted by molar-refractivity contribution is 0.0992. The number of hydrogen-bond donors (Lipinski definition) is 2. The van der Waals surface area contributed by atoms with Gasteiger partial charge in [0.05, 0.1) is 30.0 Å². The van der Waals surface area contributed by atoms with Gasteiger partial charge in [-0.05, 0) is 18.2 Å². The summed E-state index contributed by atoms with van der Waals surface area (Å²) in [5.41, 5.74) is 0.997. The van der Waals surface area contributed by atoms with E-state index in [4.69, 9.17) is 9.84 Å². The smallest absolute Gasteiger partial charge is 0.183 e. The maximum Gasteiger partial charge on any atom is 0.183 e. The SMILES string of the molecule is OCCOCCNc1nc2ccc(Br)cc2s1. The molecular weight excluding hydrogens is 304 g/mol. The first-order valence-electron chi connectivity index (χ1n) is 5.28. The monoisotopic (exact) mass is 316 g/mol. The van der Waals surface area contributed by atoms with Crippen molar-refractivity contribution in [1.82, 2.24) is 4.98 Å². The number of ether oxygens (including phenoxy) is 1. The zero-order chi connectivity index (χ0) is 12.1. The Morgan fingerprint density at radius 2 is 2.29 bits per heavy atom. The van der Waals surface area contributed by atoms with Crippen LogP contribution in [0.2, 0.25) is 0 Å². The van der Waals surface area contributed by atoms with Gasteiger partial charge in [-0.15, -0.1) is 0 Å². The highest BCUT2D eigenvalue weighted by molar-refractivity contribution is 9.10. The molecule has 17 heavy (non-hydrogen) atoms. The zero-order valence-electron chi connectivity index (χ0n) is 9.15. The lowest BCUT2D eigenvalue weighted by atomic mass is 10.3. The second kappa shape index (κ2) is 6.30. The molecule has 0 aliphatic rings. The molecule has 1 aromatic heterocycles. The second-order valence-electron chi connectivity index (χ2n) is 3.39. The van der Waals surface area contributed by atoms with E-state index in [9.17, 15) is 0 Å². The normalized spacial score (nSPS) is 10.9. The zero-order valence-corrected chi connectivity index (χ0v) is 11.6. The minimum Gasteiger partial charge on any atom is -0.394 e. The molecule has 0 aliphatic carbocycles. The van der Waals surface area contributed by atoms with Crippen molar-refractivity contribution in [3.8, 4) is 0 Å². The van der Waals surface area contributed by atoms with Gasteiger partial charge in [-0.3, -0.25) is 0 Å². The molecular formula is C11H13BrN2O2S. The summed E-state index contributed by atoms with van der Waals surface area (Å²) in [7, 11) is 0. The Kier molecular flexibility index (Phi) is 4.73. The summed E-state index contributed by atoms with van der Waals surface area (Å²) in [5, 5.41) is 12.6. The number of thiazole rings is 1. The molecule has 4 nitrogen and oxygen atoms in total. The van der Waals surface area contributed by atoms with Gasteiger partial charge in [0.1, 0.15) is 0 Å². The average molecular weight is 317 g/mol. The topological polar surface area (TPSA) is 54.4 Å². The van der Waals surface area contributed by atoms with Crippen molar-refractivity contribution in [2.45, 2.75) is 0 Å². The molecule has 6 heteroatoms. The Labute approximate surface area is 112 Å². The summed E-state index contributed by atoms with van der Waals surface area (Å²) in [6, 6.07) is 6.03. The van der Waals surface area contributed by atoms with E-state index in [1.807, 2.05) is 12.1 Å². The van der Waals surface area contributed by atoms with Crippen LogP contribution in [0.3, 0.4) is 0 Å². The number of benzene rings is 1.